The normalized spacial score (nSPS) is 13.3. The van der Waals surface area contributed by atoms with Crippen molar-refractivity contribution >= 4 is 0 Å². The van der Waals surface area contributed by atoms with Gasteiger partial charge in [-0.25, -0.2) is 0 Å². The maximum Gasteiger partial charge on any atom is 0.0270 e. The standard InChI is InChI=1S/C22H18/c1-2-18(16-9-4-3-5-10-16)20-13-8-14-21-19-12-7-6-11-17(19)15-22(20)21/h2-14,18H,1,15H2. The molecule has 3 aromatic rings. The fourth-order valence-electron chi connectivity index (χ4n) is 3.58. The Balaban J connectivity index is 1.87. The molecule has 0 aromatic heterocycles. The average Bonchev–Trinajstić information content (AvgIpc) is 2.96. The van der Waals surface area contributed by atoms with Crippen molar-refractivity contribution in [3.63, 3.8) is 0 Å². The van der Waals surface area contributed by atoms with Crippen LogP contribution in [0, 0.1) is 0 Å². The number of rotatable bonds is 3. The van der Waals surface area contributed by atoms with Gasteiger partial charge in [-0.15, -0.1) is 6.58 Å². The summed E-state index contributed by atoms with van der Waals surface area (Å²) in [5.74, 6) is 0.255. The molecule has 0 radical (unpaired) electrons. The van der Waals surface area contributed by atoms with Crippen molar-refractivity contribution in [3.8, 4) is 11.1 Å². The fourth-order valence-corrected chi connectivity index (χ4v) is 3.58. The fraction of sp³-hybridized carbons (Fsp3) is 0.0909. The summed E-state index contributed by atoms with van der Waals surface area (Å²) in [5.41, 5.74) is 8.35. The summed E-state index contributed by atoms with van der Waals surface area (Å²) in [4.78, 5) is 0. The first-order chi connectivity index (χ1) is 10.9. The Morgan fingerprint density at radius 3 is 2.32 bits per heavy atom. The van der Waals surface area contributed by atoms with Crippen molar-refractivity contribution in [2.45, 2.75) is 12.3 Å². The molecular formula is C22H18. The van der Waals surface area contributed by atoms with Crippen molar-refractivity contribution in [1.29, 1.82) is 0 Å². The molecule has 1 atom stereocenters. The Hall–Kier alpha value is -2.60. The molecule has 4 rings (SSSR count). The second-order valence-electron chi connectivity index (χ2n) is 5.83. The Bertz CT molecular complexity index is 828. The highest BCUT2D eigenvalue weighted by Crippen LogP contribution is 2.41. The van der Waals surface area contributed by atoms with E-state index in [2.05, 4.69) is 85.5 Å². The molecule has 22 heavy (non-hydrogen) atoms. The summed E-state index contributed by atoms with van der Waals surface area (Å²) in [6.07, 6.45) is 3.09. The van der Waals surface area contributed by atoms with Crippen molar-refractivity contribution in [2.75, 3.05) is 0 Å². The summed E-state index contributed by atoms with van der Waals surface area (Å²) in [7, 11) is 0. The van der Waals surface area contributed by atoms with E-state index in [1.165, 1.54) is 33.4 Å². The molecule has 0 fully saturated rings. The van der Waals surface area contributed by atoms with Gasteiger partial charge in [-0.3, -0.25) is 0 Å². The van der Waals surface area contributed by atoms with Gasteiger partial charge in [0.05, 0.1) is 0 Å². The van der Waals surface area contributed by atoms with Gasteiger partial charge in [0.1, 0.15) is 0 Å². The number of hydrogen-bond donors (Lipinski definition) is 0. The third-order valence-corrected chi connectivity index (χ3v) is 4.62. The predicted octanol–water partition coefficient (Wildman–Crippen LogP) is 5.58. The lowest BCUT2D eigenvalue weighted by molar-refractivity contribution is 0.999. The van der Waals surface area contributed by atoms with E-state index in [9.17, 15) is 0 Å². The zero-order valence-electron chi connectivity index (χ0n) is 12.5. The van der Waals surface area contributed by atoms with Gasteiger partial charge in [-0.2, -0.15) is 0 Å². The second kappa shape index (κ2) is 5.31. The summed E-state index contributed by atoms with van der Waals surface area (Å²) < 4.78 is 0. The zero-order chi connectivity index (χ0) is 14.9. The van der Waals surface area contributed by atoms with Gasteiger partial charge in [0, 0.05) is 5.92 Å². The molecule has 0 heteroatoms. The van der Waals surface area contributed by atoms with E-state index in [-0.39, 0.29) is 5.92 Å². The lowest BCUT2D eigenvalue weighted by Crippen LogP contribution is -2.01. The summed E-state index contributed by atoms with van der Waals surface area (Å²) in [6.45, 7) is 4.09. The molecule has 0 nitrogen and oxygen atoms in total. The first kappa shape index (κ1) is 13.1. The van der Waals surface area contributed by atoms with Crippen LogP contribution in [0.15, 0.2) is 85.5 Å². The Kier molecular flexibility index (Phi) is 3.16. The summed E-state index contributed by atoms with van der Waals surface area (Å²) in [6, 6.07) is 26.1. The molecule has 0 aliphatic heterocycles. The molecule has 106 valence electrons. The molecule has 0 bridgehead atoms. The molecule has 1 aliphatic carbocycles. The average molecular weight is 282 g/mol. The van der Waals surface area contributed by atoms with E-state index < -0.39 is 0 Å². The van der Waals surface area contributed by atoms with Gasteiger partial charge in [0.25, 0.3) is 0 Å². The first-order valence-corrected chi connectivity index (χ1v) is 7.76. The Labute approximate surface area is 131 Å². The maximum absolute atomic E-state index is 4.09. The smallest absolute Gasteiger partial charge is 0.0270 e. The predicted molar refractivity (Wildman–Crippen MR) is 93.2 cm³/mol. The van der Waals surface area contributed by atoms with Crippen LogP contribution in [0.25, 0.3) is 11.1 Å². The third-order valence-electron chi connectivity index (χ3n) is 4.62. The van der Waals surface area contributed by atoms with Gasteiger partial charge in [-0.1, -0.05) is 78.9 Å². The van der Waals surface area contributed by atoms with Crippen LogP contribution in [0.4, 0.5) is 0 Å². The molecule has 3 aromatic carbocycles. The minimum atomic E-state index is 0.255. The van der Waals surface area contributed by atoms with Gasteiger partial charge in [0.15, 0.2) is 0 Å². The Morgan fingerprint density at radius 2 is 1.50 bits per heavy atom. The quantitative estimate of drug-likeness (QED) is 0.430. The molecule has 0 N–H and O–H groups in total. The second-order valence-corrected chi connectivity index (χ2v) is 5.83. The van der Waals surface area contributed by atoms with Gasteiger partial charge >= 0.3 is 0 Å². The topological polar surface area (TPSA) is 0 Å². The molecule has 0 heterocycles. The van der Waals surface area contributed by atoms with Crippen LogP contribution in [-0.4, -0.2) is 0 Å². The van der Waals surface area contributed by atoms with E-state index in [4.69, 9.17) is 0 Å². The van der Waals surface area contributed by atoms with Crippen LogP contribution in [0.1, 0.15) is 28.2 Å². The van der Waals surface area contributed by atoms with E-state index in [0.29, 0.717) is 0 Å². The minimum Gasteiger partial charge on any atom is -0.102 e. The monoisotopic (exact) mass is 282 g/mol. The van der Waals surface area contributed by atoms with Crippen LogP contribution in [-0.2, 0) is 6.42 Å². The van der Waals surface area contributed by atoms with Gasteiger partial charge in [0.2, 0.25) is 0 Å². The SMILES string of the molecule is C=CC(c1ccccc1)c1cccc2c1Cc1ccccc1-2. The minimum absolute atomic E-state index is 0.255. The highest BCUT2D eigenvalue weighted by Gasteiger charge is 2.23. The summed E-state index contributed by atoms with van der Waals surface area (Å²) in [5, 5.41) is 0. The molecule has 1 aliphatic rings. The van der Waals surface area contributed by atoms with Crippen LogP contribution in [0.3, 0.4) is 0 Å². The van der Waals surface area contributed by atoms with Crippen LogP contribution >= 0.6 is 0 Å². The largest absolute Gasteiger partial charge is 0.102 e. The van der Waals surface area contributed by atoms with Crippen molar-refractivity contribution in [2.24, 2.45) is 0 Å². The van der Waals surface area contributed by atoms with Crippen LogP contribution in [0.5, 0.6) is 0 Å². The number of allylic oxidation sites excluding steroid dienone is 1. The van der Waals surface area contributed by atoms with Gasteiger partial charge in [-0.05, 0) is 39.8 Å². The van der Waals surface area contributed by atoms with E-state index in [0.717, 1.165) is 6.42 Å². The molecule has 0 amide bonds. The molecular weight excluding hydrogens is 264 g/mol. The lowest BCUT2D eigenvalue weighted by Gasteiger charge is -2.17. The van der Waals surface area contributed by atoms with Crippen molar-refractivity contribution in [3.05, 3.63) is 108 Å². The van der Waals surface area contributed by atoms with Gasteiger partial charge < -0.3 is 0 Å². The van der Waals surface area contributed by atoms with Crippen LogP contribution in [0.2, 0.25) is 0 Å². The number of benzene rings is 3. The number of fused-ring (bicyclic) bond motifs is 3. The highest BCUT2D eigenvalue weighted by atomic mass is 14.3. The summed E-state index contributed by atoms with van der Waals surface area (Å²) >= 11 is 0. The zero-order valence-corrected chi connectivity index (χ0v) is 12.5. The molecule has 0 spiro atoms. The van der Waals surface area contributed by atoms with Crippen molar-refractivity contribution < 1.29 is 0 Å². The highest BCUT2D eigenvalue weighted by molar-refractivity contribution is 5.78. The molecule has 0 saturated carbocycles. The third kappa shape index (κ3) is 2.00. The lowest BCUT2D eigenvalue weighted by atomic mass is 9.86. The molecule has 0 saturated heterocycles. The molecule has 1 unspecified atom stereocenters. The van der Waals surface area contributed by atoms with E-state index >= 15 is 0 Å². The van der Waals surface area contributed by atoms with E-state index in [1.54, 1.807) is 0 Å². The first-order valence-electron chi connectivity index (χ1n) is 7.76. The Morgan fingerprint density at radius 1 is 0.773 bits per heavy atom. The van der Waals surface area contributed by atoms with E-state index in [1.807, 2.05) is 0 Å². The number of hydrogen-bond acceptors (Lipinski definition) is 0. The van der Waals surface area contributed by atoms with Crippen LogP contribution < -0.4 is 0 Å². The van der Waals surface area contributed by atoms with Crippen molar-refractivity contribution in [1.82, 2.24) is 0 Å². The maximum atomic E-state index is 4.09.